The zero-order valence-electron chi connectivity index (χ0n) is 13.1. The Balaban J connectivity index is 2.27. The Kier molecular flexibility index (Phi) is 4.88. The van der Waals surface area contributed by atoms with Crippen LogP contribution < -0.4 is 10.9 Å². The molecule has 1 aromatic carbocycles. The molecule has 8 nitrogen and oxygen atoms in total. The van der Waals surface area contributed by atoms with Crippen molar-refractivity contribution in [3.05, 3.63) is 68.1 Å². The Bertz CT molecular complexity index is 868. The first-order chi connectivity index (χ1) is 11.3. The lowest BCUT2D eigenvalue weighted by Crippen LogP contribution is -2.26. The van der Waals surface area contributed by atoms with Gasteiger partial charge < -0.3 is 5.32 Å². The monoisotopic (exact) mass is 329 g/mol. The summed E-state index contributed by atoms with van der Waals surface area (Å²) in [4.78, 5) is 45.5. The van der Waals surface area contributed by atoms with Gasteiger partial charge in [0.05, 0.1) is 17.2 Å². The molecule has 0 aliphatic rings. The fraction of sp³-hybridized carbons (Fsp3) is 0.188. The number of hydrogen-bond donors (Lipinski definition) is 1. The number of ketones is 1. The van der Waals surface area contributed by atoms with E-state index in [1.807, 2.05) is 0 Å². The molecule has 1 heterocycles. The minimum Gasteiger partial charge on any atom is -0.326 e. The predicted octanol–water partition coefficient (Wildman–Crippen LogP) is 1.91. The molecule has 0 aliphatic carbocycles. The molecule has 0 unspecified atom stereocenters. The SMILES string of the molecule is CC(=O)Nc1ccc(C(=O)Cn2c(C)c([N+](=O)[O-])ccc2=O)cc1. The van der Waals surface area contributed by atoms with Crippen molar-refractivity contribution in [2.24, 2.45) is 0 Å². The van der Waals surface area contributed by atoms with Crippen molar-refractivity contribution < 1.29 is 14.5 Å². The summed E-state index contributed by atoms with van der Waals surface area (Å²) in [5.74, 6) is -0.595. The summed E-state index contributed by atoms with van der Waals surface area (Å²) >= 11 is 0. The number of nitrogens with zero attached hydrogens (tertiary/aromatic N) is 2. The molecule has 0 saturated carbocycles. The first-order valence-electron chi connectivity index (χ1n) is 7.05. The van der Waals surface area contributed by atoms with Crippen molar-refractivity contribution >= 4 is 23.1 Å². The van der Waals surface area contributed by atoms with E-state index >= 15 is 0 Å². The molecular weight excluding hydrogens is 314 g/mol. The molecular formula is C16H15N3O5. The predicted molar refractivity (Wildman–Crippen MR) is 87.2 cm³/mol. The first kappa shape index (κ1) is 17.1. The first-order valence-corrected chi connectivity index (χ1v) is 7.05. The van der Waals surface area contributed by atoms with Crippen molar-refractivity contribution in [2.45, 2.75) is 20.4 Å². The van der Waals surface area contributed by atoms with Gasteiger partial charge in [0.2, 0.25) is 5.91 Å². The number of pyridine rings is 1. The third-order valence-electron chi connectivity index (χ3n) is 3.45. The molecule has 1 aromatic heterocycles. The van der Waals surface area contributed by atoms with Crippen molar-refractivity contribution in [2.75, 3.05) is 5.32 Å². The van der Waals surface area contributed by atoms with E-state index in [0.29, 0.717) is 11.3 Å². The Morgan fingerprint density at radius 1 is 1.17 bits per heavy atom. The summed E-state index contributed by atoms with van der Waals surface area (Å²) in [5.41, 5.74) is 0.296. The number of carbonyl (C=O) groups excluding carboxylic acids is 2. The van der Waals surface area contributed by atoms with Crippen LogP contribution in [0.2, 0.25) is 0 Å². The standard InChI is InChI=1S/C16H15N3O5/c1-10-14(19(23)24)7-8-16(22)18(10)9-15(21)12-3-5-13(6-4-12)17-11(2)20/h3-8H,9H2,1-2H3,(H,17,20). The Hall–Kier alpha value is -3.29. The minimum absolute atomic E-state index is 0.121. The number of hydrogen-bond acceptors (Lipinski definition) is 5. The van der Waals surface area contributed by atoms with Gasteiger partial charge in [-0.1, -0.05) is 0 Å². The van der Waals surface area contributed by atoms with Gasteiger partial charge in [0, 0.05) is 30.3 Å². The molecule has 0 radical (unpaired) electrons. The summed E-state index contributed by atoms with van der Waals surface area (Å²) in [6.45, 7) is 2.50. The normalized spacial score (nSPS) is 10.2. The summed E-state index contributed by atoms with van der Waals surface area (Å²) < 4.78 is 1.07. The molecule has 1 amide bonds. The number of carbonyl (C=O) groups is 2. The number of Topliss-reactive ketones (excluding diaryl/α,β-unsaturated/α-hetero) is 1. The van der Waals surface area contributed by atoms with Crippen LogP contribution in [0.5, 0.6) is 0 Å². The van der Waals surface area contributed by atoms with Crippen LogP contribution in [-0.2, 0) is 11.3 Å². The maximum Gasteiger partial charge on any atom is 0.288 e. The van der Waals surface area contributed by atoms with Crippen LogP contribution in [0.1, 0.15) is 23.0 Å². The molecule has 0 saturated heterocycles. The van der Waals surface area contributed by atoms with Gasteiger partial charge in [0.25, 0.3) is 11.2 Å². The topological polar surface area (TPSA) is 111 Å². The average molecular weight is 329 g/mol. The fourth-order valence-corrected chi connectivity index (χ4v) is 2.23. The minimum atomic E-state index is -0.599. The molecule has 0 fully saturated rings. The smallest absolute Gasteiger partial charge is 0.288 e. The number of aromatic nitrogens is 1. The van der Waals surface area contributed by atoms with Gasteiger partial charge in [0.1, 0.15) is 0 Å². The van der Waals surface area contributed by atoms with Gasteiger partial charge in [-0.25, -0.2) is 0 Å². The zero-order chi connectivity index (χ0) is 17.9. The van der Waals surface area contributed by atoms with Crippen LogP contribution in [0.3, 0.4) is 0 Å². The second-order valence-corrected chi connectivity index (χ2v) is 5.17. The van der Waals surface area contributed by atoms with Gasteiger partial charge in [-0.3, -0.25) is 29.1 Å². The Labute approximate surface area is 136 Å². The van der Waals surface area contributed by atoms with E-state index in [9.17, 15) is 24.5 Å². The molecule has 2 aromatic rings. The van der Waals surface area contributed by atoms with Crippen LogP contribution in [0.15, 0.2) is 41.2 Å². The molecule has 1 N–H and O–H groups in total. The lowest BCUT2D eigenvalue weighted by Gasteiger charge is -2.09. The van der Waals surface area contributed by atoms with Crippen LogP contribution in [0, 0.1) is 17.0 Å². The molecule has 0 aliphatic heterocycles. The van der Waals surface area contributed by atoms with E-state index in [-0.39, 0.29) is 29.6 Å². The molecule has 2 rings (SSSR count). The van der Waals surface area contributed by atoms with Crippen LogP contribution in [0.25, 0.3) is 0 Å². The van der Waals surface area contributed by atoms with Gasteiger partial charge >= 0.3 is 0 Å². The number of anilines is 1. The summed E-state index contributed by atoms with van der Waals surface area (Å²) in [5, 5.41) is 13.5. The highest BCUT2D eigenvalue weighted by molar-refractivity contribution is 5.97. The zero-order valence-corrected chi connectivity index (χ0v) is 13.1. The third kappa shape index (κ3) is 3.72. The van der Waals surface area contributed by atoms with Gasteiger partial charge in [-0.2, -0.15) is 0 Å². The van der Waals surface area contributed by atoms with Gasteiger partial charge in [-0.15, -0.1) is 0 Å². The number of nitrogens with one attached hydrogen (secondary N) is 1. The van der Waals surface area contributed by atoms with Gasteiger partial charge in [0.15, 0.2) is 5.78 Å². The maximum absolute atomic E-state index is 12.3. The van der Waals surface area contributed by atoms with E-state index in [1.54, 1.807) is 12.1 Å². The highest BCUT2D eigenvalue weighted by Gasteiger charge is 2.17. The van der Waals surface area contributed by atoms with E-state index in [2.05, 4.69) is 5.32 Å². The maximum atomic E-state index is 12.3. The van der Waals surface area contributed by atoms with Crippen LogP contribution in [-0.4, -0.2) is 21.2 Å². The van der Waals surface area contributed by atoms with Gasteiger partial charge in [-0.05, 0) is 31.2 Å². The lowest BCUT2D eigenvalue weighted by molar-refractivity contribution is -0.386. The average Bonchev–Trinajstić information content (AvgIpc) is 2.51. The molecule has 24 heavy (non-hydrogen) atoms. The largest absolute Gasteiger partial charge is 0.326 e. The number of rotatable bonds is 5. The fourth-order valence-electron chi connectivity index (χ4n) is 2.23. The second kappa shape index (κ2) is 6.86. The molecule has 0 spiro atoms. The highest BCUT2D eigenvalue weighted by atomic mass is 16.6. The van der Waals surface area contributed by atoms with E-state index < -0.39 is 10.5 Å². The molecule has 124 valence electrons. The number of nitro groups is 1. The molecule has 0 atom stereocenters. The van der Waals surface area contributed by atoms with Crippen molar-refractivity contribution in [1.29, 1.82) is 0 Å². The van der Waals surface area contributed by atoms with Crippen LogP contribution >= 0.6 is 0 Å². The summed E-state index contributed by atoms with van der Waals surface area (Å²) in [6.07, 6.45) is 0. The Morgan fingerprint density at radius 3 is 2.33 bits per heavy atom. The molecule has 8 heteroatoms. The van der Waals surface area contributed by atoms with Crippen molar-refractivity contribution in [3.8, 4) is 0 Å². The molecule has 0 bridgehead atoms. The second-order valence-electron chi connectivity index (χ2n) is 5.17. The van der Waals surface area contributed by atoms with Crippen molar-refractivity contribution in [1.82, 2.24) is 4.57 Å². The summed E-state index contributed by atoms with van der Waals surface area (Å²) in [7, 11) is 0. The summed E-state index contributed by atoms with van der Waals surface area (Å²) in [6, 6.07) is 8.37. The van der Waals surface area contributed by atoms with E-state index in [0.717, 1.165) is 16.7 Å². The third-order valence-corrected chi connectivity index (χ3v) is 3.45. The van der Waals surface area contributed by atoms with E-state index in [4.69, 9.17) is 0 Å². The number of amides is 1. The van der Waals surface area contributed by atoms with Crippen LogP contribution in [0.4, 0.5) is 11.4 Å². The van der Waals surface area contributed by atoms with E-state index in [1.165, 1.54) is 26.0 Å². The highest BCUT2D eigenvalue weighted by Crippen LogP contribution is 2.16. The lowest BCUT2D eigenvalue weighted by atomic mass is 10.1. The Morgan fingerprint density at radius 2 is 1.79 bits per heavy atom. The number of benzene rings is 1. The quantitative estimate of drug-likeness (QED) is 0.511. The van der Waals surface area contributed by atoms with Crippen molar-refractivity contribution in [3.63, 3.8) is 0 Å².